The van der Waals surface area contributed by atoms with E-state index in [2.05, 4.69) is 29.1 Å². The van der Waals surface area contributed by atoms with Crippen LogP contribution in [0.3, 0.4) is 0 Å². The van der Waals surface area contributed by atoms with E-state index in [4.69, 9.17) is 5.73 Å². The molecule has 0 spiro atoms. The van der Waals surface area contributed by atoms with Crippen molar-refractivity contribution in [2.45, 2.75) is 31.7 Å². The van der Waals surface area contributed by atoms with E-state index in [1.165, 1.54) is 19.2 Å². The number of unbranched alkanes of at least 4 members (excludes halogenated alkanes) is 1. The molecule has 0 aromatic carbocycles. The van der Waals surface area contributed by atoms with Crippen molar-refractivity contribution in [3.63, 3.8) is 0 Å². The maximum atomic E-state index is 10.6. The molecule has 1 aliphatic heterocycles. The average molecular weight is 322 g/mol. The molecule has 1 aliphatic rings. The van der Waals surface area contributed by atoms with Gasteiger partial charge in [0.05, 0.1) is 6.34 Å². The Bertz CT molecular complexity index is 495. The normalized spacial score (nSPS) is 12.1. The summed E-state index contributed by atoms with van der Waals surface area (Å²) in [5, 5.41) is 4.07. The molecule has 0 amide bonds. The molecule has 2 rings (SSSR count). The fraction of sp³-hybridized carbons (Fsp3) is 0.438. The number of rotatable bonds is 3. The van der Waals surface area contributed by atoms with Crippen molar-refractivity contribution >= 4 is 36.1 Å². The second kappa shape index (κ2) is 12.9. The number of carbonyl (C=O) groups is 1. The SMILES string of the molecule is CCCC.CN=CN.CNc1ccnc2c1C=C(C=O)CS2. The number of aromatic nitrogens is 1. The number of nitrogens with two attached hydrogens (primary N) is 1. The quantitative estimate of drug-likeness (QED) is 0.507. The molecule has 3 N–H and O–H groups in total. The largest absolute Gasteiger partial charge is 0.390 e. The Balaban J connectivity index is 0.000000464. The Labute approximate surface area is 137 Å². The Hall–Kier alpha value is -1.82. The number of nitrogens with zero attached hydrogens (tertiary/aromatic N) is 2. The molecule has 2 heterocycles. The van der Waals surface area contributed by atoms with Crippen LogP contribution >= 0.6 is 11.8 Å². The lowest BCUT2D eigenvalue weighted by Crippen LogP contribution is -2.02. The Kier molecular flexibility index (Phi) is 11.8. The van der Waals surface area contributed by atoms with E-state index in [1.54, 1.807) is 25.0 Å². The minimum Gasteiger partial charge on any atom is -0.390 e. The molecule has 0 fully saturated rings. The van der Waals surface area contributed by atoms with Gasteiger partial charge >= 0.3 is 0 Å². The highest BCUT2D eigenvalue weighted by Gasteiger charge is 2.14. The summed E-state index contributed by atoms with van der Waals surface area (Å²) in [5.74, 6) is 0.719. The Morgan fingerprint density at radius 1 is 1.45 bits per heavy atom. The number of hydrogen-bond donors (Lipinski definition) is 2. The van der Waals surface area contributed by atoms with Gasteiger partial charge in [-0.05, 0) is 12.1 Å². The van der Waals surface area contributed by atoms with Crippen LogP contribution in [-0.4, -0.2) is 37.5 Å². The van der Waals surface area contributed by atoms with Crippen LogP contribution in [0.15, 0.2) is 27.9 Å². The van der Waals surface area contributed by atoms with Gasteiger partial charge in [0, 0.05) is 42.9 Å². The highest BCUT2D eigenvalue weighted by atomic mass is 32.2. The number of nitrogens with one attached hydrogen (secondary N) is 1. The zero-order chi connectivity index (χ0) is 16.8. The first-order valence-electron chi connectivity index (χ1n) is 7.25. The summed E-state index contributed by atoms with van der Waals surface area (Å²) in [6.07, 6.45) is 8.47. The van der Waals surface area contributed by atoms with Gasteiger partial charge in [-0.1, -0.05) is 26.7 Å². The van der Waals surface area contributed by atoms with Crippen molar-refractivity contribution in [1.82, 2.24) is 4.98 Å². The Morgan fingerprint density at radius 3 is 2.55 bits per heavy atom. The number of thioether (sulfide) groups is 1. The van der Waals surface area contributed by atoms with Gasteiger partial charge in [-0.15, -0.1) is 11.8 Å². The van der Waals surface area contributed by atoms with Crippen molar-refractivity contribution in [3.05, 3.63) is 23.4 Å². The lowest BCUT2D eigenvalue weighted by Gasteiger charge is -2.14. The van der Waals surface area contributed by atoms with Gasteiger partial charge in [-0.2, -0.15) is 0 Å². The van der Waals surface area contributed by atoms with Crippen LogP contribution in [0.4, 0.5) is 5.69 Å². The fourth-order valence-electron chi connectivity index (χ4n) is 1.37. The zero-order valence-electron chi connectivity index (χ0n) is 13.8. The molecule has 0 saturated heterocycles. The van der Waals surface area contributed by atoms with Crippen molar-refractivity contribution in [1.29, 1.82) is 0 Å². The maximum Gasteiger partial charge on any atom is 0.146 e. The summed E-state index contributed by atoms with van der Waals surface area (Å²) in [4.78, 5) is 18.3. The molecular weight excluding hydrogens is 296 g/mol. The molecule has 0 unspecified atom stereocenters. The molecule has 22 heavy (non-hydrogen) atoms. The molecule has 1 aromatic rings. The van der Waals surface area contributed by atoms with Crippen LogP contribution < -0.4 is 11.1 Å². The molecule has 0 bridgehead atoms. The number of aliphatic imine (C=N–C) groups is 1. The van der Waals surface area contributed by atoms with Crippen LogP contribution in [0.2, 0.25) is 0 Å². The summed E-state index contributed by atoms with van der Waals surface area (Å²) >= 11 is 1.60. The number of fused-ring (bicyclic) bond motifs is 1. The van der Waals surface area contributed by atoms with Crippen LogP contribution in [0.25, 0.3) is 6.08 Å². The van der Waals surface area contributed by atoms with Crippen molar-refractivity contribution in [2.75, 3.05) is 25.2 Å². The first-order chi connectivity index (χ1) is 10.7. The van der Waals surface area contributed by atoms with Gasteiger partial charge in [0.2, 0.25) is 0 Å². The summed E-state index contributed by atoms with van der Waals surface area (Å²) in [6.45, 7) is 4.36. The van der Waals surface area contributed by atoms with E-state index in [-0.39, 0.29) is 0 Å². The highest BCUT2D eigenvalue weighted by molar-refractivity contribution is 7.99. The lowest BCUT2D eigenvalue weighted by atomic mass is 10.1. The zero-order valence-corrected chi connectivity index (χ0v) is 14.6. The van der Waals surface area contributed by atoms with Gasteiger partial charge in [-0.3, -0.25) is 9.79 Å². The van der Waals surface area contributed by atoms with Gasteiger partial charge in [0.1, 0.15) is 11.3 Å². The standard InChI is InChI=1S/C10H10N2OS.C4H10.C2H6N2/c1-11-9-2-3-12-10-8(9)4-7(5-13)6-14-10;1-3-4-2;1-4-2-3/h2-5H,6H2,1H3,(H,11,12);3-4H2,1-2H3;2H,1H3,(H2,3,4). The third-order valence-corrected chi connectivity index (χ3v) is 3.81. The Morgan fingerprint density at radius 2 is 2.09 bits per heavy atom. The number of hydrogen-bond acceptors (Lipinski definition) is 5. The number of anilines is 1. The van der Waals surface area contributed by atoms with Crippen LogP contribution in [0.5, 0.6) is 0 Å². The molecule has 122 valence electrons. The molecule has 6 heteroatoms. The van der Waals surface area contributed by atoms with Crippen molar-refractivity contribution in [3.8, 4) is 0 Å². The van der Waals surface area contributed by atoms with E-state index < -0.39 is 0 Å². The van der Waals surface area contributed by atoms with Crippen LogP contribution in [-0.2, 0) is 4.79 Å². The fourth-order valence-corrected chi connectivity index (χ4v) is 2.29. The molecule has 0 aliphatic carbocycles. The van der Waals surface area contributed by atoms with Crippen molar-refractivity contribution in [2.24, 2.45) is 10.7 Å². The third-order valence-electron chi connectivity index (χ3n) is 2.73. The second-order valence-corrected chi connectivity index (χ2v) is 5.32. The molecule has 0 radical (unpaired) electrons. The number of pyridine rings is 1. The molecule has 0 atom stereocenters. The monoisotopic (exact) mass is 322 g/mol. The predicted molar refractivity (Wildman–Crippen MR) is 97.7 cm³/mol. The second-order valence-electron chi connectivity index (χ2n) is 4.36. The molecule has 5 nitrogen and oxygen atoms in total. The molecule has 0 saturated carbocycles. The van der Waals surface area contributed by atoms with E-state index in [9.17, 15) is 4.79 Å². The summed E-state index contributed by atoms with van der Waals surface area (Å²) in [6, 6.07) is 1.91. The van der Waals surface area contributed by atoms with E-state index in [0.29, 0.717) is 0 Å². The summed E-state index contributed by atoms with van der Waals surface area (Å²) in [7, 11) is 3.49. The van der Waals surface area contributed by atoms with E-state index in [0.717, 1.165) is 33.9 Å². The topological polar surface area (TPSA) is 80.4 Å². The van der Waals surface area contributed by atoms with Gasteiger partial charge in [-0.25, -0.2) is 4.98 Å². The third kappa shape index (κ3) is 7.26. The summed E-state index contributed by atoms with van der Waals surface area (Å²) < 4.78 is 0. The van der Waals surface area contributed by atoms with Gasteiger partial charge in [0.25, 0.3) is 0 Å². The summed E-state index contributed by atoms with van der Waals surface area (Å²) in [5.41, 5.74) is 7.59. The van der Waals surface area contributed by atoms with E-state index >= 15 is 0 Å². The van der Waals surface area contributed by atoms with E-state index in [1.807, 2.05) is 19.2 Å². The lowest BCUT2D eigenvalue weighted by molar-refractivity contribution is -0.104. The van der Waals surface area contributed by atoms with Crippen LogP contribution in [0.1, 0.15) is 32.3 Å². The van der Waals surface area contributed by atoms with Gasteiger partial charge < -0.3 is 11.1 Å². The minimum atomic E-state index is 0.719. The number of carbonyl (C=O) groups excluding carboxylic acids is 1. The van der Waals surface area contributed by atoms with Gasteiger partial charge in [0.15, 0.2) is 0 Å². The van der Waals surface area contributed by atoms with Crippen LogP contribution in [0, 0.1) is 0 Å². The first-order valence-corrected chi connectivity index (χ1v) is 8.24. The smallest absolute Gasteiger partial charge is 0.146 e. The highest BCUT2D eigenvalue weighted by Crippen LogP contribution is 2.33. The number of aldehydes is 1. The predicted octanol–water partition coefficient (Wildman–Crippen LogP) is 3.22. The van der Waals surface area contributed by atoms with Crippen molar-refractivity contribution < 1.29 is 4.79 Å². The minimum absolute atomic E-state index is 0.719. The average Bonchev–Trinajstić information content (AvgIpc) is 2.61. The maximum absolute atomic E-state index is 10.6. The first kappa shape index (κ1) is 20.2. The molecule has 1 aromatic heterocycles. The molecular formula is C16H26N4OS.